The van der Waals surface area contributed by atoms with Gasteiger partial charge in [0.25, 0.3) is 0 Å². The van der Waals surface area contributed by atoms with Gasteiger partial charge in [0.15, 0.2) is 0 Å². The molecule has 31 heavy (non-hydrogen) atoms. The number of esters is 1. The molecule has 8 heteroatoms. The van der Waals surface area contributed by atoms with Crippen LogP contribution in [0.2, 0.25) is 0 Å². The second-order valence-corrected chi connectivity index (χ2v) is 7.21. The van der Waals surface area contributed by atoms with Gasteiger partial charge in [0.05, 0.1) is 30.1 Å². The van der Waals surface area contributed by atoms with E-state index in [9.17, 15) is 14.4 Å². The summed E-state index contributed by atoms with van der Waals surface area (Å²) < 4.78 is 6.67. The number of nitrogens with zero attached hydrogens (tertiary/aromatic N) is 2. The Kier molecular flexibility index (Phi) is 5.53. The number of hydrogen-bond acceptors (Lipinski definition) is 5. The number of rotatable bonds is 5. The Hall–Kier alpha value is -3.94. The van der Waals surface area contributed by atoms with Gasteiger partial charge in [-0.05, 0) is 43.7 Å². The Morgan fingerprint density at radius 3 is 2.84 bits per heavy atom. The second-order valence-electron chi connectivity index (χ2n) is 7.21. The van der Waals surface area contributed by atoms with Crippen LogP contribution in [0.1, 0.15) is 40.9 Å². The topological polar surface area (TPSA) is 102 Å². The van der Waals surface area contributed by atoms with Crippen molar-refractivity contribution in [1.82, 2.24) is 9.78 Å². The first-order valence-corrected chi connectivity index (χ1v) is 9.99. The average Bonchev–Trinajstić information content (AvgIpc) is 3.15. The highest BCUT2D eigenvalue weighted by atomic mass is 16.5. The van der Waals surface area contributed by atoms with Crippen molar-refractivity contribution in [2.24, 2.45) is 0 Å². The fraction of sp³-hybridized carbons (Fsp3) is 0.217. The molecule has 2 aromatic carbocycles. The van der Waals surface area contributed by atoms with E-state index < -0.39 is 11.9 Å². The summed E-state index contributed by atoms with van der Waals surface area (Å²) in [6.45, 7) is 3.81. The second kappa shape index (κ2) is 8.43. The summed E-state index contributed by atoms with van der Waals surface area (Å²) in [5.41, 5.74) is 3.73. The zero-order valence-corrected chi connectivity index (χ0v) is 17.2. The molecule has 0 saturated heterocycles. The minimum atomic E-state index is -0.574. The Morgan fingerprint density at radius 2 is 2.03 bits per heavy atom. The fourth-order valence-corrected chi connectivity index (χ4v) is 3.67. The van der Waals surface area contributed by atoms with E-state index in [2.05, 4.69) is 15.7 Å². The normalized spacial score (nSPS) is 15.0. The Labute approximate surface area is 179 Å². The molecule has 0 fully saturated rings. The van der Waals surface area contributed by atoms with Crippen molar-refractivity contribution in [2.45, 2.75) is 26.2 Å². The molecular weight excluding hydrogens is 396 g/mol. The maximum Gasteiger partial charge on any atom is 0.341 e. The number of para-hydroxylation sites is 1. The van der Waals surface area contributed by atoms with Crippen LogP contribution in [0.3, 0.4) is 0 Å². The maximum absolute atomic E-state index is 13.0. The third-order valence-corrected chi connectivity index (χ3v) is 5.18. The van der Waals surface area contributed by atoms with Crippen molar-refractivity contribution >= 4 is 29.2 Å². The minimum Gasteiger partial charge on any atom is -0.462 e. The van der Waals surface area contributed by atoms with Crippen molar-refractivity contribution in [1.29, 1.82) is 0 Å². The molecule has 2 amide bonds. The maximum atomic E-state index is 13.0. The molecule has 0 bridgehead atoms. The van der Waals surface area contributed by atoms with Crippen molar-refractivity contribution in [3.05, 3.63) is 71.5 Å². The molecule has 2 N–H and O–H groups in total. The average molecular weight is 418 g/mol. The minimum absolute atomic E-state index is 0.0870. The Balaban J connectivity index is 1.57. The first kappa shape index (κ1) is 20.3. The lowest BCUT2D eigenvalue weighted by atomic mass is 9.90. The molecule has 0 saturated carbocycles. The van der Waals surface area contributed by atoms with Gasteiger partial charge < -0.3 is 15.4 Å². The summed E-state index contributed by atoms with van der Waals surface area (Å²) in [6, 6.07) is 14.4. The molecule has 1 aliphatic rings. The van der Waals surface area contributed by atoms with Crippen molar-refractivity contribution in [2.75, 3.05) is 17.2 Å². The predicted octanol–water partition coefficient (Wildman–Crippen LogP) is 3.42. The molecule has 4 rings (SSSR count). The molecule has 2 heterocycles. The van der Waals surface area contributed by atoms with Gasteiger partial charge in [-0.3, -0.25) is 9.59 Å². The summed E-state index contributed by atoms with van der Waals surface area (Å²) in [5.74, 6) is -1.45. The number of amides is 2. The Bertz CT molecular complexity index is 1170. The third kappa shape index (κ3) is 4.05. The summed E-state index contributed by atoms with van der Waals surface area (Å²) in [7, 11) is 0. The number of benzene rings is 2. The van der Waals surface area contributed by atoms with Crippen LogP contribution in [0, 0.1) is 6.92 Å². The van der Waals surface area contributed by atoms with Crippen LogP contribution < -0.4 is 10.6 Å². The van der Waals surface area contributed by atoms with E-state index in [1.807, 2.05) is 24.3 Å². The van der Waals surface area contributed by atoms with E-state index in [0.717, 1.165) is 5.56 Å². The lowest BCUT2D eigenvalue weighted by molar-refractivity contribution is -0.123. The molecule has 1 atom stereocenters. The van der Waals surface area contributed by atoms with Gasteiger partial charge in [0.1, 0.15) is 5.56 Å². The van der Waals surface area contributed by atoms with Gasteiger partial charge in [0.2, 0.25) is 11.8 Å². The largest absolute Gasteiger partial charge is 0.462 e. The quantitative estimate of drug-likeness (QED) is 0.618. The molecule has 1 aliphatic heterocycles. The SMILES string of the molecule is CCOC(=O)c1cnn(-c2cccc(NC(=O)C3CC(=O)Nc4ccccc43)c2)c1C. The van der Waals surface area contributed by atoms with E-state index in [-0.39, 0.29) is 24.8 Å². The van der Waals surface area contributed by atoms with Gasteiger partial charge in [-0.25, -0.2) is 9.48 Å². The van der Waals surface area contributed by atoms with E-state index in [0.29, 0.717) is 28.3 Å². The highest BCUT2D eigenvalue weighted by Crippen LogP contribution is 2.33. The van der Waals surface area contributed by atoms with E-state index in [1.165, 1.54) is 6.20 Å². The van der Waals surface area contributed by atoms with Crippen molar-refractivity contribution in [3.8, 4) is 5.69 Å². The zero-order valence-electron chi connectivity index (χ0n) is 17.2. The van der Waals surface area contributed by atoms with Crippen LogP contribution in [0.5, 0.6) is 0 Å². The highest BCUT2D eigenvalue weighted by Gasteiger charge is 2.30. The van der Waals surface area contributed by atoms with Gasteiger partial charge >= 0.3 is 5.97 Å². The van der Waals surface area contributed by atoms with Crippen LogP contribution >= 0.6 is 0 Å². The predicted molar refractivity (Wildman–Crippen MR) is 115 cm³/mol. The molecule has 1 unspecified atom stereocenters. The van der Waals surface area contributed by atoms with Crippen LogP contribution in [-0.4, -0.2) is 34.2 Å². The van der Waals surface area contributed by atoms with Gasteiger partial charge in [-0.1, -0.05) is 24.3 Å². The molecule has 3 aromatic rings. The van der Waals surface area contributed by atoms with E-state index in [1.54, 1.807) is 42.8 Å². The van der Waals surface area contributed by atoms with E-state index >= 15 is 0 Å². The number of carbonyl (C=O) groups is 3. The number of carbonyl (C=O) groups excluding carboxylic acids is 3. The van der Waals surface area contributed by atoms with Crippen molar-refractivity contribution in [3.63, 3.8) is 0 Å². The fourth-order valence-electron chi connectivity index (χ4n) is 3.67. The summed E-state index contributed by atoms with van der Waals surface area (Å²) in [5, 5.41) is 9.99. The number of fused-ring (bicyclic) bond motifs is 1. The van der Waals surface area contributed by atoms with Crippen molar-refractivity contribution < 1.29 is 19.1 Å². The van der Waals surface area contributed by atoms with Gasteiger partial charge in [-0.2, -0.15) is 5.10 Å². The van der Waals surface area contributed by atoms with Crippen LogP contribution in [0.15, 0.2) is 54.7 Å². The molecule has 158 valence electrons. The lowest BCUT2D eigenvalue weighted by Gasteiger charge is -2.24. The van der Waals surface area contributed by atoms with Gasteiger partial charge in [-0.15, -0.1) is 0 Å². The zero-order chi connectivity index (χ0) is 22.0. The van der Waals surface area contributed by atoms with Crippen LogP contribution in [0.4, 0.5) is 11.4 Å². The molecule has 1 aromatic heterocycles. The number of hydrogen-bond donors (Lipinski definition) is 2. The van der Waals surface area contributed by atoms with E-state index in [4.69, 9.17) is 4.74 Å². The Morgan fingerprint density at radius 1 is 1.23 bits per heavy atom. The number of aromatic nitrogens is 2. The smallest absolute Gasteiger partial charge is 0.341 e. The standard InChI is InChI=1S/C23H22N4O4/c1-3-31-23(30)19-13-24-27(14(19)2)16-8-6-7-15(11-16)25-22(29)18-12-21(28)26-20-10-5-4-9-17(18)20/h4-11,13,18H,3,12H2,1-2H3,(H,25,29)(H,26,28). The first-order chi connectivity index (χ1) is 15.0. The van der Waals surface area contributed by atoms with Gasteiger partial charge in [0, 0.05) is 17.8 Å². The number of nitrogens with one attached hydrogen (secondary N) is 2. The first-order valence-electron chi connectivity index (χ1n) is 9.99. The van der Waals surface area contributed by atoms with Crippen LogP contribution in [-0.2, 0) is 14.3 Å². The molecule has 0 radical (unpaired) electrons. The summed E-state index contributed by atoms with van der Waals surface area (Å²) >= 11 is 0. The third-order valence-electron chi connectivity index (χ3n) is 5.18. The van der Waals surface area contributed by atoms with Crippen LogP contribution in [0.25, 0.3) is 5.69 Å². The number of anilines is 2. The monoisotopic (exact) mass is 418 g/mol. The molecule has 0 spiro atoms. The molecule has 8 nitrogen and oxygen atoms in total. The lowest BCUT2D eigenvalue weighted by Crippen LogP contribution is -2.30. The summed E-state index contributed by atoms with van der Waals surface area (Å²) in [4.78, 5) is 37.1. The number of ether oxygens (including phenoxy) is 1. The molecular formula is C23H22N4O4. The molecule has 0 aliphatic carbocycles. The highest BCUT2D eigenvalue weighted by molar-refractivity contribution is 6.05. The summed E-state index contributed by atoms with van der Waals surface area (Å²) in [6.07, 6.45) is 1.56.